The molecule has 0 saturated carbocycles. The predicted octanol–water partition coefficient (Wildman–Crippen LogP) is 1.50. The van der Waals surface area contributed by atoms with Crippen molar-refractivity contribution in [3.8, 4) is 0 Å². The molecule has 0 unspecified atom stereocenters. The fraction of sp³-hybridized carbons (Fsp3) is 0.538. The van der Waals surface area contributed by atoms with E-state index in [0.717, 1.165) is 16.4 Å². The number of sulfonamides is 1. The predicted molar refractivity (Wildman–Crippen MR) is 76.3 cm³/mol. The van der Waals surface area contributed by atoms with Gasteiger partial charge in [-0.05, 0) is 44.9 Å². The van der Waals surface area contributed by atoms with Crippen molar-refractivity contribution in [2.75, 3.05) is 18.9 Å². The molecule has 7 heteroatoms. The number of hydrogen-bond acceptors (Lipinski definition) is 4. The van der Waals surface area contributed by atoms with Crippen LogP contribution in [0.3, 0.4) is 0 Å². The van der Waals surface area contributed by atoms with Crippen LogP contribution in [0.25, 0.3) is 0 Å². The van der Waals surface area contributed by atoms with Crippen LogP contribution in [0.2, 0.25) is 0 Å². The number of benzene rings is 1. The van der Waals surface area contributed by atoms with Crippen LogP contribution in [0.1, 0.15) is 25.8 Å². The average Bonchev–Trinajstić information content (AvgIpc) is 2.33. The summed E-state index contributed by atoms with van der Waals surface area (Å²) in [6, 6.07) is 1.93. The van der Waals surface area contributed by atoms with Gasteiger partial charge in [0.15, 0.2) is 0 Å². The first-order chi connectivity index (χ1) is 9.21. The highest BCUT2D eigenvalue weighted by molar-refractivity contribution is 7.89. The molecular formula is C13H21FN2O3S. The molecule has 3 N–H and O–H groups in total. The highest BCUT2D eigenvalue weighted by Crippen LogP contribution is 2.25. The maximum absolute atomic E-state index is 14.0. The number of aliphatic hydroxyl groups excluding tert-OH is 1. The number of rotatable bonds is 6. The number of halogens is 1. The first kappa shape index (κ1) is 16.9. The number of nitrogen functional groups attached to an aromatic ring is 1. The van der Waals surface area contributed by atoms with E-state index >= 15 is 0 Å². The molecule has 0 heterocycles. The molecule has 0 saturated heterocycles. The molecule has 0 bridgehead atoms. The van der Waals surface area contributed by atoms with Gasteiger partial charge in [-0.3, -0.25) is 0 Å². The van der Waals surface area contributed by atoms with E-state index in [4.69, 9.17) is 10.8 Å². The Morgan fingerprint density at radius 3 is 2.50 bits per heavy atom. The minimum atomic E-state index is -3.98. The van der Waals surface area contributed by atoms with Gasteiger partial charge in [-0.25, -0.2) is 12.8 Å². The number of aryl methyl sites for hydroxylation is 1. The van der Waals surface area contributed by atoms with Gasteiger partial charge < -0.3 is 10.8 Å². The Kier molecular flexibility index (Phi) is 5.50. The Hall–Kier alpha value is -1.18. The van der Waals surface area contributed by atoms with Gasteiger partial charge in [0.1, 0.15) is 10.7 Å². The third kappa shape index (κ3) is 3.47. The van der Waals surface area contributed by atoms with Crippen LogP contribution >= 0.6 is 0 Å². The quantitative estimate of drug-likeness (QED) is 0.780. The maximum atomic E-state index is 14.0. The van der Waals surface area contributed by atoms with Gasteiger partial charge in [0, 0.05) is 24.9 Å². The second-order valence-electron chi connectivity index (χ2n) is 4.93. The van der Waals surface area contributed by atoms with Crippen molar-refractivity contribution >= 4 is 15.7 Å². The lowest BCUT2D eigenvalue weighted by atomic mass is 10.2. The van der Waals surface area contributed by atoms with Gasteiger partial charge in [0.25, 0.3) is 0 Å². The van der Waals surface area contributed by atoms with Crippen LogP contribution < -0.4 is 5.73 Å². The smallest absolute Gasteiger partial charge is 0.246 e. The standard InChI is InChI=1S/C13H21FN2O3S/c1-9(2)16(5-4-6-17)20(18,19)13-8-12(15)10(3)7-11(13)14/h7-9,17H,4-6,15H2,1-3H3. The molecule has 0 amide bonds. The molecule has 114 valence electrons. The Balaban J connectivity index is 3.29. The van der Waals surface area contributed by atoms with E-state index in [2.05, 4.69) is 0 Å². The van der Waals surface area contributed by atoms with Crippen LogP contribution in [-0.4, -0.2) is 37.0 Å². The van der Waals surface area contributed by atoms with Crippen LogP contribution in [0.4, 0.5) is 10.1 Å². The number of nitrogens with two attached hydrogens (primary N) is 1. The van der Waals surface area contributed by atoms with Crippen molar-refractivity contribution in [3.63, 3.8) is 0 Å². The molecule has 1 aromatic carbocycles. The molecule has 0 aromatic heterocycles. The lowest BCUT2D eigenvalue weighted by Gasteiger charge is -2.26. The third-order valence-corrected chi connectivity index (χ3v) is 5.11. The highest BCUT2D eigenvalue weighted by Gasteiger charge is 2.29. The van der Waals surface area contributed by atoms with Gasteiger partial charge in [-0.2, -0.15) is 4.31 Å². The highest BCUT2D eigenvalue weighted by atomic mass is 32.2. The summed E-state index contributed by atoms with van der Waals surface area (Å²) in [5.74, 6) is -0.814. The van der Waals surface area contributed by atoms with E-state index in [1.54, 1.807) is 20.8 Å². The second kappa shape index (κ2) is 6.51. The largest absolute Gasteiger partial charge is 0.398 e. The third-order valence-electron chi connectivity index (χ3n) is 3.02. The van der Waals surface area contributed by atoms with E-state index in [-0.39, 0.29) is 24.9 Å². The first-order valence-corrected chi connectivity index (χ1v) is 7.84. The summed E-state index contributed by atoms with van der Waals surface area (Å²) in [7, 11) is -3.98. The fourth-order valence-electron chi connectivity index (χ4n) is 1.88. The average molecular weight is 304 g/mol. The van der Waals surface area contributed by atoms with Crippen molar-refractivity contribution in [1.29, 1.82) is 0 Å². The summed E-state index contributed by atoms with van der Waals surface area (Å²) in [6.45, 7) is 5.01. The van der Waals surface area contributed by atoms with Crippen molar-refractivity contribution in [3.05, 3.63) is 23.5 Å². The van der Waals surface area contributed by atoms with Crippen molar-refractivity contribution in [1.82, 2.24) is 4.31 Å². The summed E-state index contributed by atoms with van der Waals surface area (Å²) in [5, 5.41) is 8.85. The molecule has 0 radical (unpaired) electrons. The Labute approximate surface area is 119 Å². The van der Waals surface area contributed by atoms with Gasteiger partial charge in [-0.1, -0.05) is 0 Å². The second-order valence-corrected chi connectivity index (χ2v) is 6.78. The summed E-state index contributed by atoms with van der Waals surface area (Å²) >= 11 is 0. The molecule has 0 fully saturated rings. The number of aliphatic hydroxyl groups is 1. The van der Waals surface area contributed by atoms with E-state index in [9.17, 15) is 12.8 Å². The SMILES string of the molecule is Cc1cc(F)c(S(=O)(=O)N(CCCO)C(C)C)cc1N. The summed E-state index contributed by atoms with van der Waals surface area (Å²) in [5.41, 5.74) is 6.40. The van der Waals surface area contributed by atoms with Crippen molar-refractivity contribution in [2.45, 2.75) is 38.1 Å². The number of nitrogens with zero attached hydrogens (tertiary/aromatic N) is 1. The van der Waals surface area contributed by atoms with E-state index < -0.39 is 20.7 Å². The molecule has 0 atom stereocenters. The minimum absolute atomic E-state index is 0.128. The molecule has 20 heavy (non-hydrogen) atoms. The molecule has 0 aliphatic carbocycles. The molecule has 0 spiro atoms. The number of hydrogen-bond donors (Lipinski definition) is 2. The zero-order valence-electron chi connectivity index (χ0n) is 11.9. The molecule has 0 aliphatic rings. The van der Waals surface area contributed by atoms with Crippen LogP contribution in [0, 0.1) is 12.7 Å². The summed E-state index contributed by atoms with van der Waals surface area (Å²) in [6.07, 6.45) is 0.292. The van der Waals surface area contributed by atoms with Crippen molar-refractivity contribution < 1.29 is 17.9 Å². The lowest BCUT2D eigenvalue weighted by molar-refractivity contribution is 0.258. The Morgan fingerprint density at radius 1 is 1.40 bits per heavy atom. The maximum Gasteiger partial charge on any atom is 0.246 e. The Morgan fingerprint density at radius 2 is 2.00 bits per heavy atom. The van der Waals surface area contributed by atoms with Crippen LogP contribution in [0.5, 0.6) is 0 Å². The van der Waals surface area contributed by atoms with E-state index in [1.165, 1.54) is 0 Å². The lowest BCUT2D eigenvalue weighted by Crippen LogP contribution is -2.38. The normalized spacial score (nSPS) is 12.3. The Bertz CT molecular complexity index is 573. The molecular weight excluding hydrogens is 283 g/mol. The van der Waals surface area contributed by atoms with Gasteiger partial charge in [0.2, 0.25) is 10.0 Å². The van der Waals surface area contributed by atoms with Crippen molar-refractivity contribution in [2.24, 2.45) is 0 Å². The summed E-state index contributed by atoms with van der Waals surface area (Å²) in [4.78, 5) is -0.424. The molecule has 1 aromatic rings. The topological polar surface area (TPSA) is 83.6 Å². The van der Waals surface area contributed by atoms with Gasteiger partial charge >= 0.3 is 0 Å². The molecule has 5 nitrogen and oxygen atoms in total. The zero-order valence-corrected chi connectivity index (χ0v) is 12.7. The number of anilines is 1. The fourth-order valence-corrected chi connectivity index (χ4v) is 3.63. The monoisotopic (exact) mass is 304 g/mol. The van der Waals surface area contributed by atoms with E-state index in [1.807, 2.05) is 0 Å². The van der Waals surface area contributed by atoms with Gasteiger partial charge in [-0.15, -0.1) is 0 Å². The molecule has 0 aliphatic heterocycles. The summed E-state index contributed by atoms with van der Waals surface area (Å²) < 4.78 is 40.1. The zero-order chi connectivity index (χ0) is 15.5. The van der Waals surface area contributed by atoms with Crippen LogP contribution in [0.15, 0.2) is 17.0 Å². The first-order valence-electron chi connectivity index (χ1n) is 6.40. The minimum Gasteiger partial charge on any atom is -0.398 e. The van der Waals surface area contributed by atoms with Gasteiger partial charge in [0.05, 0.1) is 0 Å². The molecule has 1 rings (SSSR count). The van der Waals surface area contributed by atoms with E-state index in [0.29, 0.717) is 12.0 Å². The van der Waals surface area contributed by atoms with Crippen LogP contribution in [-0.2, 0) is 10.0 Å².